The molecule has 0 amide bonds. The summed E-state index contributed by atoms with van der Waals surface area (Å²) in [5.41, 5.74) is 3.55. The lowest BCUT2D eigenvalue weighted by molar-refractivity contribution is 0.417. The van der Waals surface area contributed by atoms with Crippen LogP contribution in [0.25, 0.3) is 0 Å². The SMILES string of the molecule is c1ccc(C2C[C@@H]2NCC2(CNC3C[C@H]3c3ccccc3)CC2)cc1. The second-order valence-electron chi connectivity index (χ2n) is 8.48. The van der Waals surface area contributed by atoms with Crippen molar-refractivity contribution in [1.82, 2.24) is 10.6 Å². The molecule has 3 saturated carbocycles. The van der Waals surface area contributed by atoms with Gasteiger partial charge in [-0.05, 0) is 42.2 Å². The van der Waals surface area contributed by atoms with E-state index >= 15 is 0 Å². The highest BCUT2D eigenvalue weighted by molar-refractivity contribution is 5.29. The molecule has 3 fully saturated rings. The first-order chi connectivity index (χ1) is 12.3. The van der Waals surface area contributed by atoms with Crippen LogP contribution in [0.1, 0.15) is 48.6 Å². The Morgan fingerprint density at radius 2 is 1.12 bits per heavy atom. The Kier molecular flexibility index (Phi) is 3.91. The van der Waals surface area contributed by atoms with E-state index in [0.29, 0.717) is 17.5 Å². The summed E-state index contributed by atoms with van der Waals surface area (Å²) >= 11 is 0. The Morgan fingerprint density at radius 1 is 0.680 bits per heavy atom. The zero-order valence-electron chi connectivity index (χ0n) is 14.8. The highest BCUT2D eigenvalue weighted by atomic mass is 15.0. The lowest BCUT2D eigenvalue weighted by Crippen LogP contribution is -2.35. The molecule has 0 aromatic heterocycles. The van der Waals surface area contributed by atoms with E-state index in [1.165, 1.54) is 49.9 Å². The van der Waals surface area contributed by atoms with Crippen LogP contribution in [0.15, 0.2) is 60.7 Å². The van der Waals surface area contributed by atoms with Gasteiger partial charge in [-0.3, -0.25) is 0 Å². The number of rotatable bonds is 8. The molecule has 25 heavy (non-hydrogen) atoms. The quantitative estimate of drug-likeness (QED) is 0.762. The summed E-state index contributed by atoms with van der Waals surface area (Å²) < 4.78 is 0. The fourth-order valence-corrected chi connectivity index (χ4v) is 4.27. The van der Waals surface area contributed by atoms with Gasteiger partial charge in [0, 0.05) is 37.0 Å². The van der Waals surface area contributed by atoms with Crippen molar-refractivity contribution in [3.63, 3.8) is 0 Å². The molecule has 2 unspecified atom stereocenters. The molecule has 0 radical (unpaired) electrons. The molecule has 0 spiro atoms. The van der Waals surface area contributed by atoms with E-state index in [1.54, 1.807) is 0 Å². The van der Waals surface area contributed by atoms with Crippen LogP contribution < -0.4 is 10.6 Å². The van der Waals surface area contributed by atoms with Gasteiger partial charge in [0.1, 0.15) is 0 Å². The van der Waals surface area contributed by atoms with Gasteiger partial charge in [0.25, 0.3) is 0 Å². The molecule has 2 aromatic rings. The molecule has 5 rings (SSSR count). The summed E-state index contributed by atoms with van der Waals surface area (Å²) in [6.45, 7) is 2.38. The van der Waals surface area contributed by atoms with E-state index in [4.69, 9.17) is 0 Å². The number of hydrogen-bond donors (Lipinski definition) is 2. The van der Waals surface area contributed by atoms with E-state index in [9.17, 15) is 0 Å². The minimum atomic E-state index is 0.535. The maximum absolute atomic E-state index is 3.85. The van der Waals surface area contributed by atoms with Crippen molar-refractivity contribution in [2.24, 2.45) is 5.41 Å². The van der Waals surface area contributed by atoms with Gasteiger partial charge >= 0.3 is 0 Å². The topological polar surface area (TPSA) is 24.1 Å². The normalized spacial score (nSPS) is 31.5. The lowest BCUT2D eigenvalue weighted by atomic mass is 10.1. The molecule has 0 heterocycles. The van der Waals surface area contributed by atoms with Crippen LogP contribution in [0.3, 0.4) is 0 Å². The van der Waals surface area contributed by atoms with Crippen LogP contribution in [0.2, 0.25) is 0 Å². The van der Waals surface area contributed by atoms with E-state index < -0.39 is 0 Å². The van der Waals surface area contributed by atoms with Crippen LogP contribution in [-0.2, 0) is 0 Å². The summed E-state index contributed by atoms with van der Waals surface area (Å²) in [6, 6.07) is 23.4. The maximum atomic E-state index is 3.85. The van der Waals surface area contributed by atoms with E-state index in [0.717, 1.165) is 11.8 Å². The number of hydrogen-bond acceptors (Lipinski definition) is 2. The van der Waals surface area contributed by atoms with Crippen molar-refractivity contribution in [3.8, 4) is 0 Å². The molecule has 2 heteroatoms. The highest BCUT2D eigenvalue weighted by Crippen LogP contribution is 2.48. The van der Waals surface area contributed by atoms with E-state index in [-0.39, 0.29) is 0 Å². The summed E-state index contributed by atoms with van der Waals surface area (Å²) in [5, 5.41) is 7.71. The van der Waals surface area contributed by atoms with Crippen molar-refractivity contribution in [2.75, 3.05) is 13.1 Å². The Morgan fingerprint density at radius 3 is 1.52 bits per heavy atom. The minimum Gasteiger partial charge on any atom is -0.313 e. The molecule has 2 N–H and O–H groups in total. The van der Waals surface area contributed by atoms with Crippen molar-refractivity contribution in [1.29, 1.82) is 0 Å². The molecule has 0 bridgehead atoms. The van der Waals surface area contributed by atoms with Crippen LogP contribution in [0, 0.1) is 5.41 Å². The van der Waals surface area contributed by atoms with Gasteiger partial charge in [0.05, 0.1) is 0 Å². The standard InChI is InChI=1S/C23H28N2/c1-3-7-17(8-4-1)19-13-21(19)24-15-23(11-12-23)16-25-22-14-20(22)18-9-5-2-6-10-18/h1-10,19-22,24-25H,11-16H2/t19-,20?,21?,22-/m0/s1. The fraction of sp³-hybridized carbons (Fsp3) is 0.478. The van der Waals surface area contributed by atoms with Gasteiger partial charge in [-0.2, -0.15) is 0 Å². The first-order valence-electron chi connectivity index (χ1n) is 9.90. The molecular weight excluding hydrogens is 304 g/mol. The van der Waals surface area contributed by atoms with E-state index in [2.05, 4.69) is 71.3 Å². The maximum Gasteiger partial charge on any atom is 0.0143 e. The monoisotopic (exact) mass is 332 g/mol. The molecule has 0 saturated heterocycles. The molecular formula is C23H28N2. The van der Waals surface area contributed by atoms with Crippen molar-refractivity contribution in [3.05, 3.63) is 71.8 Å². The smallest absolute Gasteiger partial charge is 0.0143 e. The molecule has 2 aromatic carbocycles. The Bertz CT molecular complexity index is 648. The first-order valence-corrected chi connectivity index (χ1v) is 9.90. The molecule has 130 valence electrons. The van der Waals surface area contributed by atoms with Gasteiger partial charge in [-0.25, -0.2) is 0 Å². The second kappa shape index (κ2) is 6.26. The zero-order chi connectivity index (χ0) is 16.7. The minimum absolute atomic E-state index is 0.535. The largest absolute Gasteiger partial charge is 0.313 e. The average Bonchev–Trinajstić information content (AvgIpc) is 3.55. The molecule has 3 aliphatic carbocycles. The second-order valence-corrected chi connectivity index (χ2v) is 8.48. The summed E-state index contributed by atoms with van der Waals surface area (Å²) in [6.07, 6.45) is 5.40. The predicted molar refractivity (Wildman–Crippen MR) is 103 cm³/mol. The summed E-state index contributed by atoms with van der Waals surface area (Å²) in [4.78, 5) is 0. The van der Waals surface area contributed by atoms with Crippen molar-refractivity contribution in [2.45, 2.75) is 49.6 Å². The van der Waals surface area contributed by atoms with Gasteiger partial charge in [-0.15, -0.1) is 0 Å². The number of nitrogens with one attached hydrogen (secondary N) is 2. The van der Waals surface area contributed by atoms with Crippen LogP contribution >= 0.6 is 0 Å². The highest BCUT2D eigenvalue weighted by Gasteiger charge is 2.47. The van der Waals surface area contributed by atoms with Crippen LogP contribution in [0.5, 0.6) is 0 Å². The third-order valence-electron chi connectivity index (χ3n) is 6.47. The van der Waals surface area contributed by atoms with Gasteiger partial charge in [-0.1, -0.05) is 60.7 Å². The Labute approximate surface area is 151 Å². The predicted octanol–water partition coefficient (Wildman–Crippen LogP) is 4.06. The van der Waals surface area contributed by atoms with Crippen LogP contribution in [-0.4, -0.2) is 25.2 Å². The van der Waals surface area contributed by atoms with Crippen molar-refractivity contribution < 1.29 is 0 Å². The molecule has 0 aliphatic heterocycles. The number of benzene rings is 2. The molecule has 4 atom stereocenters. The summed E-state index contributed by atoms with van der Waals surface area (Å²) in [7, 11) is 0. The van der Waals surface area contributed by atoms with Gasteiger partial charge < -0.3 is 10.6 Å². The van der Waals surface area contributed by atoms with E-state index in [1.807, 2.05) is 0 Å². The molecule has 2 nitrogen and oxygen atoms in total. The summed E-state index contributed by atoms with van der Waals surface area (Å²) in [5.74, 6) is 1.49. The first kappa shape index (κ1) is 15.6. The average molecular weight is 332 g/mol. The fourth-order valence-electron chi connectivity index (χ4n) is 4.27. The third-order valence-corrected chi connectivity index (χ3v) is 6.47. The Balaban J connectivity index is 1.06. The lowest BCUT2D eigenvalue weighted by Gasteiger charge is -2.17. The van der Waals surface area contributed by atoms with Crippen LogP contribution in [0.4, 0.5) is 0 Å². The van der Waals surface area contributed by atoms with Crippen molar-refractivity contribution >= 4 is 0 Å². The Hall–Kier alpha value is -1.64. The van der Waals surface area contributed by atoms with Gasteiger partial charge in [0.2, 0.25) is 0 Å². The molecule has 3 aliphatic rings. The zero-order valence-corrected chi connectivity index (χ0v) is 14.8. The van der Waals surface area contributed by atoms with Gasteiger partial charge in [0.15, 0.2) is 0 Å². The third kappa shape index (κ3) is 3.51.